The number of nitrogens with zero attached hydrogens (tertiary/aromatic N) is 3. The third-order valence-electron chi connectivity index (χ3n) is 3.02. The van der Waals surface area contributed by atoms with E-state index in [1.165, 1.54) is 19.3 Å². The Morgan fingerprint density at radius 3 is 3.12 bits per heavy atom. The van der Waals surface area contributed by atoms with Crippen LogP contribution >= 0.6 is 11.6 Å². The number of aromatic nitrogens is 2. The Bertz CT molecular complexity index is 329. The summed E-state index contributed by atoms with van der Waals surface area (Å²) in [5.74, 6) is 1.96. The van der Waals surface area contributed by atoms with Crippen LogP contribution in [0.4, 0.5) is 6.01 Å². The number of rotatable bonds is 5. The summed E-state index contributed by atoms with van der Waals surface area (Å²) in [7, 11) is 0. The smallest absolute Gasteiger partial charge is 0.318 e. The number of alkyl halides is 1. The van der Waals surface area contributed by atoms with Crippen molar-refractivity contribution in [1.29, 1.82) is 0 Å². The molecule has 1 fully saturated rings. The fourth-order valence-corrected chi connectivity index (χ4v) is 2.37. The maximum absolute atomic E-state index is 5.63. The Kier molecular flexibility index (Phi) is 4.04. The average Bonchev–Trinajstić information content (AvgIpc) is 2.87. The molecule has 1 saturated heterocycles. The van der Waals surface area contributed by atoms with Gasteiger partial charge in [0, 0.05) is 25.4 Å². The highest BCUT2D eigenvalue weighted by molar-refractivity contribution is 6.17. The van der Waals surface area contributed by atoms with Crippen LogP contribution in [0.15, 0.2) is 4.42 Å². The standard InChI is InChI=1S/C11H18ClN3O/c1-2-3-9-5-7-15(8-9)11-14-13-10(16-11)4-6-12/h9H,2-8H2,1H3. The van der Waals surface area contributed by atoms with Crippen molar-refractivity contribution >= 4 is 17.6 Å². The normalized spacial score (nSPS) is 20.6. The van der Waals surface area contributed by atoms with E-state index in [4.69, 9.17) is 16.0 Å². The zero-order valence-corrected chi connectivity index (χ0v) is 10.4. The molecule has 1 aromatic rings. The fourth-order valence-electron chi connectivity index (χ4n) is 2.20. The Hall–Kier alpha value is -0.770. The van der Waals surface area contributed by atoms with Crippen LogP contribution in [0.1, 0.15) is 32.1 Å². The lowest BCUT2D eigenvalue weighted by molar-refractivity contribution is 0.488. The SMILES string of the molecule is CCCC1CCN(c2nnc(CCCl)o2)C1. The van der Waals surface area contributed by atoms with Crippen molar-refractivity contribution in [3.63, 3.8) is 0 Å². The van der Waals surface area contributed by atoms with Crippen LogP contribution in [-0.4, -0.2) is 29.2 Å². The van der Waals surface area contributed by atoms with E-state index in [1.807, 2.05) is 0 Å². The molecular formula is C11H18ClN3O. The molecule has 1 aliphatic rings. The first-order valence-electron chi connectivity index (χ1n) is 5.96. The van der Waals surface area contributed by atoms with Gasteiger partial charge >= 0.3 is 6.01 Å². The number of halogens is 1. The third-order valence-corrected chi connectivity index (χ3v) is 3.21. The molecule has 0 bridgehead atoms. The van der Waals surface area contributed by atoms with Gasteiger partial charge in [0.05, 0.1) is 0 Å². The first-order chi connectivity index (χ1) is 7.83. The zero-order valence-electron chi connectivity index (χ0n) is 9.65. The number of anilines is 1. The molecule has 0 radical (unpaired) electrons. The molecule has 0 aromatic carbocycles. The summed E-state index contributed by atoms with van der Waals surface area (Å²) in [6.45, 7) is 4.32. The predicted molar refractivity (Wildman–Crippen MR) is 64.0 cm³/mol. The van der Waals surface area contributed by atoms with Gasteiger partial charge in [-0.25, -0.2) is 0 Å². The quantitative estimate of drug-likeness (QED) is 0.746. The minimum atomic E-state index is 0.528. The molecule has 4 nitrogen and oxygen atoms in total. The van der Waals surface area contributed by atoms with Gasteiger partial charge in [0.15, 0.2) is 0 Å². The molecule has 0 spiro atoms. The van der Waals surface area contributed by atoms with Crippen LogP contribution < -0.4 is 4.90 Å². The highest BCUT2D eigenvalue weighted by Gasteiger charge is 2.25. The molecule has 1 aliphatic heterocycles. The fraction of sp³-hybridized carbons (Fsp3) is 0.818. The number of hydrogen-bond acceptors (Lipinski definition) is 4. The predicted octanol–water partition coefficient (Wildman–Crippen LogP) is 2.48. The molecular weight excluding hydrogens is 226 g/mol. The van der Waals surface area contributed by atoms with Crippen LogP contribution in [0.2, 0.25) is 0 Å². The van der Waals surface area contributed by atoms with Gasteiger partial charge in [-0.05, 0) is 18.8 Å². The van der Waals surface area contributed by atoms with Crippen LogP contribution in [-0.2, 0) is 6.42 Å². The Labute approximate surface area is 101 Å². The molecule has 1 atom stereocenters. The van der Waals surface area contributed by atoms with Gasteiger partial charge in [0.2, 0.25) is 5.89 Å². The highest BCUT2D eigenvalue weighted by Crippen LogP contribution is 2.25. The number of hydrogen-bond donors (Lipinski definition) is 0. The van der Waals surface area contributed by atoms with E-state index in [9.17, 15) is 0 Å². The lowest BCUT2D eigenvalue weighted by Crippen LogP contribution is -2.19. The molecule has 5 heteroatoms. The van der Waals surface area contributed by atoms with E-state index < -0.39 is 0 Å². The summed E-state index contributed by atoms with van der Waals surface area (Å²) in [6, 6.07) is 0.665. The van der Waals surface area contributed by atoms with E-state index in [1.54, 1.807) is 0 Å². The van der Waals surface area contributed by atoms with Crippen molar-refractivity contribution in [2.45, 2.75) is 32.6 Å². The molecule has 1 aromatic heterocycles. The maximum Gasteiger partial charge on any atom is 0.318 e. The number of aryl methyl sites for hydroxylation is 1. The second-order valence-electron chi connectivity index (χ2n) is 4.31. The minimum absolute atomic E-state index is 0.528. The summed E-state index contributed by atoms with van der Waals surface area (Å²) in [5.41, 5.74) is 0. The Morgan fingerprint density at radius 2 is 2.38 bits per heavy atom. The van der Waals surface area contributed by atoms with Crippen molar-refractivity contribution in [1.82, 2.24) is 10.2 Å². The maximum atomic E-state index is 5.63. The van der Waals surface area contributed by atoms with Gasteiger partial charge in [0.25, 0.3) is 0 Å². The molecule has 0 aliphatic carbocycles. The highest BCUT2D eigenvalue weighted by atomic mass is 35.5. The van der Waals surface area contributed by atoms with Crippen LogP contribution in [0.5, 0.6) is 0 Å². The van der Waals surface area contributed by atoms with Crippen molar-refractivity contribution in [2.24, 2.45) is 5.92 Å². The van der Waals surface area contributed by atoms with Crippen LogP contribution in [0.25, 0.3) is 0 Å². The van der Waals surface area contributed by atoms with E-state index in [-0.39, 0.29) is 0 Å². The van der Waals surface area contributed by atoms with Crippen LogP contribution in [0.3, 0.4) is 0 Å². The first kappa shape index (κ1) is 11.7. The lowest BCUT2D eigenvalue weighted by Gasteiger charge is -2.12. The topological polar surface area (TPSA) is 42.2 Å². The Balaban J connectivity index is 1.92. The molecule has 1 unspecified atom stereocenters. The zero-order chi connectivity index (χ0) is 11.4. The van der Waals surface area contributed by atoms with Crippen molar-refractivity contribution in [2.75, 3.05) is 23.9 Å². The van der Waals surface area contributed by atoms with Gasteiger partial charge in [-0.15, -0.1) is 16.7 Å². The van der Waals surface area contributed by atoms with Gasteiger partial charge in [-0.3, -0.25) is 0 Å². The summed E-state index contributed by atoms with van der Waals surface area (Å²) in [4.78, 5) is 2.19. The van der Waals surface area contributed by atoms with E-state index in [0.717, 1.165) is 19.0 Å². The van der Waals surface area contributed by atoms with Gasteiger partial charge in [-0.1, -0.05) is 18.4 Å². The van der Waals surface area contributed by atoms with Crippen molar-refractivity contribution < 1.29 is 4.42 Å². The second kappa shape index (κ2) is 5.53. The molecule has 2 rings (SSSR count). The molecule has 2 heterocycles. The monoisotopic (exact) mass is 243 g/mol. The first-order valence-corrected chi connectivity index (χ1v) is 6.50. The van der Waals surface area contributed by atoms with Crippen molar-refractivity contribution in [3.05, 3.63) is 5.89 Å². The van der Waals surface area contributed by atoms with Crippen LogP contribution in [0, 0.1) is 5.92 Å². The molecule has 0 saturated carbocycles. The van der Waals surface area contributed by atoms with Gasteiger partial charge < -0.3 is 9.32 Å². The van der Waals surface area contributed by atoms with E-state index in [2.05, 4.69) is 22.0 Å². The average molecular weight is 244 g/mol. The summed E-state index contributed by atoms with van der Waals surface area (Å²) >= 11 is 5.63. The minimum Gasteiger partial charge on any atom is -0.408 e. The lowest BCUT2D eigenvalue weighted by atomic mass is 10.0. The van der Waals surface area contributed by atoms with Crippen molar-refractivity contribution in [3.8, 4) is 0 Å². The summed E-state index contributed by atoms with van der Waals surface area (Å²) < 4.78 is 5.55. The largest absolute Gasteiger partial charge is 0.408 e. The molecule has 16 heavy (non-hydrogen) atoms. The summed E-state index contributed by atoms with van der Waals surface area (Å²) in [6.07, 6.45) is 4.43. The van der Waals surface area contributed by atoms with E-state index >= 15 is 0 Å². The molecule has 0 N–H and O–H groups in total. The molecule has 0 amide bonds. The second-order valence-corrected chi connectivity index (χ2v) is 4.68. The summed E-state index contributed by atoms with van der Waals surface area (Å²) in [5, 5.41) is 8.04. The van der Waals surface area contributed by atoms with Gasteiger partial charge in [-0.2, -0.15) is 0 Å². The van der Waals surface area contributed by atoms with Gasteiger partial charge in [0.1, 0.15) is 0 Å². The molecule has 90 valence electrons. The Morgan fingerprint density at radius 1 is 1.50 bits per heavy atom. The van der Waals surface area contributed by atoms with E-state index in [0.29, 0.717) is 24.2 Å². The third kappa shape index (κ3) is 2.67.